The van der Waals surface area contributed by atoms with E-state index < -0.39 is 0 Å². The van der Waals surface area contributed by atoms with Crippen LogP contribution in [-0.4, -0.2) is 53.7 Å². The van der Waals surface area contributed by atoms with Gasteiger partial charge in [-0.25, -0.2) is 4.98 Å². The first kappa shape index (κ1) is 22.9. The summed E-state index contributed by atoms with van der Waals surface area (Å²) >= 11 is 12.5. The second-order valence-corrected chi connectivity index (χ2v) is 9.01. The van der Waals surface area contributed by atoms with E-state index in [1.165, 1.54) is 16.7 Å². The number of fused-ring (bicyclic) bond motifs is 1. The molecule has 0 bridgehead atoms. The molecule has 5 rings (SSSR count). The van der Waals surface area contributed by atoms with Crippen molar-refractivity contribution >= 4 is 46.4 Å². The van der Waals surface area contributed by atoms with E-state index in [9.17, 15) is 4.79 Å². The zero-order chi connectivity index (χ0) is 23.7. The molecular formula is C24H24Cl2N6O2. The highest BCUT2D eigenvalue weighted by molar-refractivity contribution is 6.40. The van der Waals surface area contributed by atoms with Crippen LogP contribution in [0.25, 0.3) is 0 Å². The number of nitrogens with zero attached hydrogens (tertiary/aromatic N) is 4. The first-order valence-electron chi connectivity index (χ1n) is 11.1. The molecule has 8 nitrogen and oxygen atoms in total. The lowest BCUT2D eigenvalue weighted by Crippen LogP contribution is -2.44. The van der Waals surface area contributed by atoms with Crippen molar-refractivity contribution in [3.63, 3.8) is 0 Å². The summed E-state index contributed by atoms with van der Waals surface area (Å²) < 4.78 is 5.75. The number of aromatic nitrogens is 2. The maximum atomic E-state index is 13.0. The molecule has 2 aromatic carbocycles. The molecule has 176 valence electrons. The van der Waals surface area contributed by atoms with Gasteiger partial charge in [0.15, 0.2) is 6.73 Å². The van der Waals surface area contributed by atoms with Crippen LogP contribution >= 0.6 is 23.2 Å². The van der Waals surface area contributed by atoms with Gasteiger partial charge in [-0.15, -0.1) is 0 Å². The second-order valence-electron chi connectivity index (χ2n) is 8.20. The molecular weight excluding hydrogens is 475 g/mol. The average Bonchev–Trinajstić information content (AvgIpc) is 2.86. The molecule has 0 aliphatic carbocycles. The highest BCUT2D eigenvalue weighted by atomic mass is 35.5. The van der Waals surface area contributed by atoms with Crippen LogP contribution in [0.5, 0.6) is 5.88 Å². The molecule has 0 radical (unpaired) electrons. The Bertz CT molecular complexity index is 1180. The molecule has 2 aliphatic rings. The summed E-state index contributed by atoms with van der Waals surface area (Å²) in [6, 6.07) is 13.6. The summed E-state index contributed by atoms with van der Waals surface area (Å²) in [7, 11) is 0. The Balaban J connectivity index is 1.29. The Morgan fingerprint density at radius 1 is 1.09 bits per heavy atom. The standard InChI is InChI=1S/C24H24Cl2N6O2/c1-15(31-11-9-27-10-12-31)16-5-7-17(8-6-16)29-24-28-13-18-22(30-24)34-14-32(23(18)33)21-19(25)3-2-4-20(21)26/h2-8,13,15,27H,9-12,14H2,1H3,(H,28,29,30). The minimum Gasteiger partial charge on any atom is -0.455 e. The molecule has 34 heavy (non-hydrogen) atoms. The summed E-state index contributed by atoms with van der Waals surface area (Å²) in [5, 5.41) is 7.29. The fourth-order valence-electron chi connectivity index (χ4n) is 4.18. The van der Waals surface area contributed by atoms with Crippen molar-refractivity contribution in [3.8, 4) is 5.88 Å². The third-order valence-corrected chi connectivity index (χ3v) is 6.73. The van der Waals surface area contributed by atoms with Crippen molar-refractivity contribution in [1.29, 1.82) is 0 Å². The second kappa shape index (κ2) is 9.76. The first-order chi connectivity index (χ1) is 16.5. The Hall–Kier alpha value is -2.91. The van der Waals surface area contributed by atoms with Crippen LogP contribution < -0.4 is 20.3 Å². The molecule has 10 heteroatoms. The van der Waals surface area contributed by atoms with Gasteiger partial charge in [0, 0.05) is 44.1 Å². The van der Waals surface area contributed by atoms with Gasteiger partial charge in [0.1, 0.15) is 5.56 Å². The summed E-state index contributed by atoms with van der Waals surface area (Å²) in [6.07, 6.45) is 1.45. The Kier molecular flexibility index (Phi) is 6.56. The van der Waals surface area contributed by atoms with E-state index >= 15 is 0 Å². The number of ether oxygens (including phenoxy) is 1. The molecule has 1 saturated heterocycles. The van der Waals surface area contributed by atoms with E-state index in [0.717, 1.165) is 31.9 Å². The van der Waals surface area contributed by atoms with E-state index in [-0.39, 0.29) is 24.1 Å². The lowest BCUT2D eigenvalue weighted by molar-refractivity contribution is 0.0932. The maximum absolute atomic E-state index is 13.0. The third-order valence-electron chi connectivity index (χ3n) is 6.12. The van der Waals surface area contributed by atoms with Gasteiger partial charge < -0.3 is 15.4 Å². The highest BCUT2D eigenvalue weighted by Crippen LogP contribution is 2.37. The number of nitrogens with one attached hydrogen (secondary N) is 2. The molecule has 3 heterocycles. The number of carbonyl (C=O) groups excluding carboxylic acids is 1. The summed E-state index contributed by atoms with van der Waals surface area (Å²) in [5.41, 5.74) is 2.75. The van der Waals surface area contributed by atoms with Gasteiger partial charge in [0.25, 0.3) is 5.91 Å². The Labute approximate surface area is 207 Å². The van der Waals surface area contributed by atoms with Crippen LogP contribution in [0.3, 0.4) is 0 Å². The molecule has 1 atom stereocenters. The molecule has 0 spiro atoms. The molecule has 1 unspecified atom stereocenters. The largest absolute Gasteiger partial charge is 0.455 e. The number of hydrogen-bond donors (Lipinski definition) is 2. The van der Waals surface area contributed by atoms with Crippen molar-refractivity contribution in [1.82, 2.24) is 20.2 Å². The van der Waals surface area contributed by atoms with Crippen LogP contribution in [0, 0.1) is 0 Å². The molecule has 0 saturated carbocycles. The number of rotatable bonds is 5. The molecule has 3 aromatic rings. The fraction of sp³-hybridized carbons (Fsp3) is 0.292. The van der Waals surface area contributed by atoms with Crippen molar-refractivity contribution < 1.29 is 9.53 Å². The molecule has 2 aliphatic heterocycles. The summed E-state index contributed by atoms with van der Waals surface area (Å²) in [5.74, 6) is 0.235. The number of benzene rings is 2. The maximum Gasteiger partial charge on any atom is 0.268 e. The van der Waals surface area contributed by atoms with E-state index in [0.29, 0.717) is 27.7 Å². The predicted octanol–water partition coefficient (Wildman–Crippen LogP) is 4.49. The highest BCUT2D eigenvalue weighted by Gasteiger charge is 2.31. The van der Waals surface area contributed by atoms with Crippen LogP contribution in [0.1, 0.15) is 28.9 Å². The van der Waals surface area contributed by atoms with E-state index in [4.69, 9.17) is 27.9 Å². The molecule has 2 N–H and O–H groups in total. The molecule has 1 amide bonds. The van der Waals surface area contributed by atoms with Crippen LogP contribution in [0.4, 0.5) is 17.3 Å². The number of piperazine rings is 1. The van der Waals surface area contributed by atoms with Crippen molar-refractivity contribution in [2.45, 2.75) is 13.0 Å². The summed E-state index contributed by atoms with van der Waals surface area (Å²) in [6.45, 7) is 6.31. The van der Waals surface area contributed by atoms with Crippen molar-refractivity contribution in [2.24, 2.45) is 0 Å². The average molecular weight is 499 g/mol. The van der Waals surface area contributed by atoms with Gasteiger partial charge in [0.05, 0.1) is 15.7 Å². The van der Waals surface area contributed by atoms with E-state index in [1.807, 2.05) is 12.1 Å². The van der Waals surface area contributed by atoms with Crippen LogP contribution in [0.15, 0.2) is 48.7 Å². The van der Waals surface area contributed by atoms with Gasteiger partial charge in [-0.1, -0.05) is 41.4 Å². The Morgan fingerprint density at radius 2 is 1.79 bits per heavy atom. The number of amides is 1. The lowest BCUT2D eigenvalue weighted by atomic mass is 10.1. The third kappa shape index (κ3) is 4.54. The quantitative estimate of drug-likeness (QED) is 0.536. The normalized spacial score (nSPS) is 17.1. The van der Waals surface area contributed by atoms with Gasteiger partial charge >= 0.3 is 0 Å². The van der Waals surface area contributed by atoms with Gasteiger partial charge in [-0.05, 0) is 36.8 Å². The van der Waals surface area contributed by atoms with Crippen LogP contribution in [-0.2, 0) is 0 Å². The van der Waals surface area contributed by atoms with Gasteiger partial charge in [-0.2, -0.15) is 4.98 Å². The number of para-hydroxylation sites is 1. The SMILES string of the molecule is CC(c1ccc(Nc2ncc3c(n2)OCN(c2c(Cl)cccc2Cl)C3=O)cc1)N1CCNCC1. The Morgan fingerprint density at radius 3 is 2.50 bits per heavy atom. The minimum atomic E-state index is -0.325. The van der Waals surface area contributed by atoms with Gasteiger partial charge in [0.2, 0.25) is 11.8 Å². The van der Waals surface area contributed by atoms with Crippen molar-refractivity contribution in [3.05, 3.63) is 69.8 Å². The number of anilines is 3. The predicted molar refractivity (Wildman–Crippen MR) is 133 cm³/mol. The summed E-state index contributed by atoms with van der Waals surface area (Å²) in [4.78, 5) is 25.6. The number of carbonyl (C=O) groups is 1. The molecule has 1 fully saturated rings. The minimum absolute atomic E-state index is 0.0512. The van der Waals surface area contributed by atoms with Crippen molar-refractivity contribution in [2.75, 3.05) is 43.1 Å². The monoisotopic (exact) mass is 498 g/mol. The van der Waals surface area contributed by atoms with E-state index in [1.54, 1.807) is 18.2 Å². The molecule has 1 aromatic heterocycles. The van der Waals surface area contributed by atoms with Crippen LogP contribution in [0.2, 0.25) is 10.0 Å². The van der Waals surface area contributed by atoms with Gasteiger partial charge in [-0.3, -0.25) is 14.6 Å². The zero-order valence-corrected chi connectivity index (χ0v) is 20.1. The lowest BCUT2D eigenvalue weighted by Gasteiger charge is -2.33. The fourth-order valence-corrected chi connectivity index (χ4v) is 4.78. The zero-order valence-electron chi connectivity index (χ0n) is 18.6. The number of halogens is 2. The smallest absolute Gasteiger partial charge is 0.268 e. The first-order valence-corrected chi connectivity index (χ1v) is 11.8. The van der Waals surface area contributed by atoms with E-state index in [2.05, 4.69) is 44.6 Å². The number of hydrogen-bond acceptors (Lipinski definition) is 7. The topological polar surface area (TPSA) is 82.6 Å².